The van der Waals surface area contributed by atoms with Crippen LogP contribution in [0.2, 0.25) is 0 Å². The molecule has 29 heavy (non-hydrogen) atoms. The van der Waals surface area contributed by atoms with Crippen LogP contribution in [0.5, 0.6) is 5.75 Å². The van der Waals surface area contributed by atoms with Gasteiger partial charge in [0.05, 0.1) is 12.8 Å². The van der Waals surface area contributed by atoms with Crippen molar-refractivity contribution < 1.29 is 19.1 Å². The van der Waals surface area contributed by atoms with E-state index in [1.54, 1.807) is 54.2 Å². The predicted octanol–water partition coefficient (Wildman–Crippen LogP) is 2.68. The van der Waals surface area contributed by atoms with Crippen molar-refractivity contribution >= 4 is 41.0 Å². The van der Waals surface area contributed by atoms with Gasteiger partial charge in [-0.25, -0.2) is 4.79 Å². The molecule has 0 radical (unpaired) electrons. The molecule has 0 aliphatic rings. The van der Waals surface area contributed by atoms with Crippen LogP contribution in [0.3, 0.4) is 0 Å². The van der Waals surface area contributed by atoms with Crippen molar-refractivity contribution in [1.29, 1.82) is 0 Å². The van der Waals surface area contributed by atoms with E-state index in [0.717, 1.165) is 0 Å². The van der Waals surface area contributed by atoms with E-state index in [1.165, 1.54) is 7.11 Å². The van der Waals surface area contributed by atoms with Gasteiger partial charge in [-0.05, 0) is 54.8 Å². The van der Waals surface area contributed by atoms with E-state index in [4.69, 9.17) is 10.5 Å². The third-order valence-electron chi connectivity index (χ3n) is 4.01. The molecule has 2 aromatic carbocycles. The lowest BCUT2D eigenvalue weighted by molar-refractivity contribution is -0.117. The van der Waals surface area contributed by atoms with Gasteiger partial charge in [-0.15, -0.1) is 0 Å². The predicted molar refractivity (Wildman–Crippen MR) is 116 cm³/mol. The summed E-state index contributed by atoms with van der Waals surface area (Å²) < 4.78 is 5.22. The zero-order chi connectivity index (χ0) is 21.2. The lowest BCUT2D eigenvalue weighted by atomic mass is 10.1. The molecule has 0 saturated carbocycles. The van der Waals surface area contributed by atoms with Gasteiger partial charge in [0.2, 0.25) is 5.91 Å². The summed E-state index contributed by atoms with van der Waals surface area (Å²) in [6.07, 6.45) is 2.36. The Bertz CT molecular complexity index is 858. The third kappa shape index (κ3) is 6.72. The second kappa shape index (κ2) is 11.0. The maximum atomic E-state index is 12.4. The minimum absolute atomic E-state index is 0.305. The SMILES string of the molecule is COc1ccccc1NC(=O)c1ccc(NC(=O)[C@@H](CCSC)NC(N)=O)cc1. The average Bonchev–Trinajstić information content (AvgIpc) is 2.71. The Balaban J connectivity index is 2.02. The Morgan fingerprint density at radius 3 is 2.38 bits per heavy atom. The first-order valence-electron chi connectivity index (χ1n) is 8.84. The summed E-state index contributed by atoms with van der Waals surface area (Å²) in [5.41, 5.74) is 6.63. The first-order chi connectivity index (χ1) is 13.9. The second-order valence-electron chi connectivity index (χ2n) is 6.06. The molecule has 1 atom stereocenters. The molecule has 0 heterocycles. The number of carbonyl (C=O) groups is 3. The molecule has 0 fully saturated rings. The van der Waals surface area contributed by atoms with Crippen LogP contribution in [0.4, 0.5) is 16.2 Å². The number of rotatable bonds is 9. The molecule has 0 bridgehead atoms. The van der Waals surface area contributed by atoms with E-state index in [9.17, 15) is 14.4 Å². The number of thioether (sulfide) groups is 1. The van der Waals surface area contributed by atoms with E-state index in [0.29, 0.717) is 34.9 Å². The highest BCUT2D eigenvalue weighted by atomic mass is 32.2. The number of ether oxygens (including phenoxy) is 1. The molecule has 2 rings (SSSR count). The maximum Gasteiger partial charge on any atom is 0.312 e. The van der Waals surface area contributed by atoms with Crippen LogP contribution in [0.25, 0.3) is 0 Å². The molecule has 154 valence electrons. The fourth-order valence-corrected chi connectivity index (χ4v) is 3.02. The lowest BCUT2D eigenvalue weighted by Crippen LogP contribution is -2.46. The summed E-state index contributed by atoms with van der Waals surface area (Å²) in [5, 5.41) is 7.95. The van der Waals surface area contributed by atoms with Crippen molar-refractivity contribution in [3.8, 4) is 5.75 Å². The number of carbonyl (C=O) groups excluding carboxylic acids is 3. The summed E-state index contributed by atoms with van der Waals surface area (Å²) in [6, 6.07) is 12.0. The Labute approximate surface area is 173 Å². The Kier molecular flexibility index (Phi) is 8.35. The minimum Gasteiger partial charge on any atom is -0.495 e. The highest BCUT2D eigenvalue weighted by Crippen LogP contribution is 2.23. The van der Waals surface area contributed by atoms with Gasteiger partial charge < -0.3 is 26.4 Å². The monoisotopic (exact) mass is 416 g/mol. The summed E-state index contributed by atoms with van der Waals surface area (Å²) in [6.45, 7) is 0. The van der Waals surface area contributed by atoms with Crippen molar-refractivity contribution in [3.05, 3.63) is 54.1 Å². The molecule has 0 aliphatic heterocycles. The first-order valence-corrected chi connectivity index (χ1v) is 10.2. The molecule has 8 nitrogen and oxygen atoms in total. The van der Waals surface area contributed by atoms with Crippen LogP contribution in [0.1, 0.15) is 16.8 Å². The highest BCUT2D eigenvalue weighted by Gasteiger charge is 2.19. The molecule has 9 heteroatoms. The maximum absolute atomic E-state index is 12.4. The Morgan fingerprint density at radius 2 is 1.76 bits per heavy atom. The minimum atomic E-state index is -0.755. The largest absolute Gasteiger partial charge is 0.495 e. The number of primary amides is 1. The van der Waals surface area contributed by atoms with Crippen LogP contribution in [-0.4, -0.2) is 43.0 Å². The Hall–Kier alpha value is -3.20. The topological polar surface area (TPSA) is 123 Å². The van der Waals surface area contributed by atoms with E-state index in [2.05, 4.69) is 16.0 Å². The number of para-hydroxylation sites is 2. The van der Waals surface area contributed by atoms with Gasteiger partial charge in [-0.3, -0.25) is 9.59 Å². The fourth-order valence-electron chi connectivity index (χ4n) is 2.55. The molecular weight excluding hydrogens is 392 g/mol. The lowest BCUT2D eigenvalue weighted by Gasteiger charge is -2.17. The van der Waals surface area contributed by atoms with Gasteiger partial charge in [0, 0.05) is 11.3 Å². The number of anilines is 2. The number of hydrogen-bond acceptors (Lipinski definition) is 5. The molecule has 0 saturated heterocycles. The van der Waals surface area contributed by atoms with E-state index < -0.39 is 12.1 Å². The van der Waals surface area contributed by atoms with Gasteiger partial charge in [0.15, 0.2) is 0 Å². The number of methoxy groups -OCH3 is 1. The highest BCUT2D eigenvalue weighted by molar-refractivity contribution is 7.98. The van der Waals surface area contributed by atoms with Crippen molar-refractivity contribution in [3.63, 3.8) is 0 Å². The summed E-state index contributed by atoms with van der Waals surface area (Å²) in [5.74, 6) is 0.577. The number of benzene rings is 2. The van der Waals surface area contributed by atoms with Crippen molar-refractivity contribution in [1.82, 2.24) is 5.32 Å². The van der Waals surface area contributed by atoms with Crippen LogP contribution >= 0.6 is 11.8 Å². The van der Waals surface area contributed by atoms with E-state index in [1.807, 2.05) is 12.3 Å². The van der Waals surface area contributed by atoms with Crippen LogP contribution < -0.4 is 26.4 Å². The van der Waals surface area contributed by atoms with Gasteiger partial charge in [-0.2, -0.15) is 11.8 Å². The molecule has 0 spiro atoms. The van der Waals surface area contributed by atoms with Crippen LogP contribution in [0.15, 0.2) is 48.5 Å². The summed E-state index contributed by atoms with van der Waals surface area (Å²) in [4.78, 5) is 36.0. The Morgan fingerprint density at radius 1 is 1.07 bits per heavy atom. The zero-order valence-electron chi connectivity index (χ0n) is 16.2. The zero-order valence-corrected chi connectivity index (χ0v) is 17.0. The molecule has 0 unspecified atom stereocenters. The number of nitrogens with two attached hydrogens (primary N) is 1. The van der Waals surface area contributed by atoms with Crippen LogP contribution in [0, 0.1) is 0 Å². The summed E-state index contributed by atoms with van der Waals surface area (Å²) in [7, 11) is 1.53. The number of amides is 4. The molecule has 0 aliphatic carbocycles. The number of hydrogen-bond donors (Lipinski definition) is 4. The van der Waals surface area contributed by atoms with Crippen molar-refractivity contribution in [2.45, 2.75) is 12.5 Å². The van der Waals surface area contributed by atoms with E-state index >= 15 is 0 Å². The quantitative estimate of drug-likeness (QED) is 0.501. The molecular formula is C20H24N4O4S. The number of urea groups is 1. The van der Waals surface area contributed by atoms with Gasteiger partial charge >= 0.3 is 6.03 Å². The average molecular weight is 417 g/mol. The van der Waals surface area contributed by atoms with E-state index in [-0.39, 0.29) is 11.8 Å². The van der Waals surface area contributed by atoms with Gasteiger partial charge in [0.1, 0.15) is 11.8 Å². The van der Waals surface area contributed by atoms with Gasteiger partial charge in [0.25, 0.3) is 5.91 Å². The molecule has 2 aromatic rings. The standard InChI is InChI=1S/C20H24N4O4S/c1-28-17-6-4-3-5-15(17)23-18(25)13-7-9-14(10-8-13)22-19(26)16(11-12-29-2)24-20(21)27/h3-10,16H,11-12H2,1-2H3,(H,22,26)(H,23,25)(H3,21,24,27)/t16-/m1/s1. The van der Waals surface area contributed by atoms with Crippen molar-refractivity contribution in [2.24, 2.45) is 5.73 Å². The molecule has 4 amide bonds. The smallest absolute Gasteiger partial charge is 0.312 e. The molecule has 5 N–H and O–H groups in total. The van der Waals surface area contributed by atoms with Crippen LogP contribution in [-0.2, 0) is 4.79 Å². The number of nitrogens with one attached hydrogen (secondary N) is 3. The van der Waals surface area contributed by atoms with Crippen molar-refractivity contribution in [2.75, 3.05) is 29.8 Å². The summed E-state index contributed by atoms with van der Waals surface area (Å²) >= 11 is 1.56. The normalized spacial score (nSPS) is 11.2. The fraction of sp³-hybridized carbons (Fsp3) is 0.250. The van der Waals surface area contributed by atoms with Gasteiger partial charge in [-0.1, -0.05) is 12.1 Å². The third-order valence-corrected chi connectivity index (χ3v) is 4.66. The second-order valence-corrected chi connectivity index (χ2v) is 7.05. The molecule has 0 aromatic heterocycles. The first kappa shape index (κ1) is 22.1.